The van der Waals surface area contributed by atoms with Crippen LogP contribution in [0.15, 0.2) is 22.7 Å². The Morgan fingerprint density at radius 2 is 2.11 bits per heavy atom. The normalized spacial score (nSPS) is 22.6. The number of carboxylic acids is 1. The largest absolute Gasteiger partial charge is 0.480 e. The molecule has 0 radical (unpaired) electrons. The number of carboxylic acid groups (broad SMARTS) is 1. The zero-order valence-corrected chi connectivity index (χ0v) is 11.3. The Hall–Kier alpha value is -1.47. The molecule has 0 unspecified atom stereocenters. The number of hydrogen-bond acceptors (Lipinski definition) is 3. The Morgan fingerprint density at radius 1 is 1.42 bits per heavy atom. The van der Waals surface area contributed by atoms with Gasteiger partial charge in [0.2, 0.25) is 0 Å². The van der Waals surface area contributed by atoms with Crippen molar-refractivity contribution in [2.75, 3.05) is 6.54 Å². The minimum Gasteiger partial charge on any atom is -0.480 e. The van der Waals surface area contributed by atoms with Crippen molar-refractivity contribution in [3.8, 4) is 0 Å². The maximum Gasteiger partial charge on any atom is 0.326 e. The van der Waals surface area contributed by atoms with Crippen molar-refractivity contribution in [1.29, 1.82) is 0 Å². The number of aliphatic hydroxyl groups excluding tert-OH is 1. The summed E-state index contributed by atoms with van der Waals surface area (Å²) in [4.78, 5) is 24.3. The Balaban J connectivity index is 2.33. The molecule has 1 aliphatic rings. The third-order valence-electron chi connectivity index (χ3n) is 3.01. The van der Waals surface area contributed by atoms with Gasteiger partial charge in [0.1, 0.15) is 11.9 Å². The minimum absolute atomic E-state index is 0.00877. The van der Waals surface area contributed by atoms with Gasteiger partial charge in [-0.2, -0.15) is 0 Å². The van der Waals surface area contributed by atoms with E-state index in [4.69, 9.17) is 5.11 Å². The fourth-order valence-corrected chi connectivity index (χ4v) is 2.53. The highest BCUT2D eigenvalue weighted by molar-refractivity contribution is 9.10. The summed E-state index contributed by atoms with van der Waals surface area (Å²) in [6.07, 6.45) is -0.897. The third kappa shape index (κ3) is 2.62. The molecule has 2 atom stereocenters. The molecule has 0 aliphatic carbocycles. The van der Waals surface area contributed by atoms with Crippen LogP contribution >= 0.6 is 15.9 Å². The number of likely N-dealkylation sites (tertiary alicyclic amines) is 1. The zero-order valence-electron chi connectivity index (χ0n) is 9.72. The van der Waals surface area contributed by atoms with Crippen LogP contribution in [0.3, 0.4) is 0 Å². The molecule has 1 fully saturated rings. The number of carbonyl (C=O) groups excluding carboxylic acids is 1. The first-order valence-corrected chi connectivity index (χ1v) is 6.37. The zero-order chi connectivity index (χ0) is 14.2. The van der Waals surface area contributed by atoms with Crippen LogP contribution in [0.25, 0.3) is 0 Å². The molecule has 0 saturated carbocycles. The van der Waals surface area contributed by atoms with Crippen molar-refractivity contribution in [1.82, 2.24) is 4.90 Å². The fraction of sp³-hybridized carbons (Fsp3) is 0.333. The number of aliphatic hydroxyl groups is 1. The molecule has 1 aromatic carbocycles. The van der Waals surface area contributed by atoms with Gasteiger partial charge in [0.25, 0.3) is 5.91 Å². The molecular formula is C12H11BrFNO4. The van der Waals surface area contributed by atoms with Crippen LogP contribution in [-0.2, 0) is 4.79 Å². The van der Waals surface area contributed by atoms with Crippen molar-refractivity contribution in [3.63, 3.8) is 0 Å². The van der Waals surface area contributed by atoms with Gasteiger partial charge in [0.05, 0.1) is 16.1 Å². The summed E-state index contributed by atoms with van der Waals surface area (Å²) >= 11 is 2.97. The van der Waals surface area contributed by atoms with Crippen molar-refractivity contribution >= 4 is 27.8 Å². The van der Waals surface area contributed by atoms with Crippen molar-refractivity contribution in [2.45, 2.75) is 18.6 Å². The quantitative estimate of drug-likeness (QED) is 0.854. The van der Waals surface area contributed by atoms with Crippen molar-refractivity contribution in [3.05, 3.63) is 34.1 Å². The van der Waals surface area contributed by atoms with E-state index in [0.29, 0.717) is 0 Å². The van der Waals surface area contributed by atoms with Crippen LogP contribution in [0.5, 0.6) is 0 Å². The van der Waals surface area contributed by atoms with Crippen LogP contribution in [-0.4, -0.2) is 45.7 Å². The maximum atomic E-state index is 13.4. The highest BCUT2D eigenvalue weighted by Crippen LogP contribution is 2.26. The number of benzene rings is 1. The molecule has 0 bridgehead atoms. The average Bonchev–Trinajstić information content (AvgIpc) is 2.74. The van der Waals surface area contributed by atoms with E-state index in [1.165, 1.54) is 18.2 Å². The van der Waals surface area contributed by atoms with Gasteiger partial charge in [0, 0.05) is 13.0 Å². The summed E-state index contributed by atoms with van der Waals surface area (Å²) in [7, 11) is 0. The summed E-state index contributed by atoms with van der Waals surface area (Å²) in [5.41, 5.74) is 0.0420. The Bertz CT molecular complexity index is 536. The second kappa shape index (κ2) is 5.26. The molecule has 7 heteroatoms. The van der Waals surface area contributed by atoms with Crippen molar-refractivity contribution < 1.29 is 24.2 Å². The molecule has 2 N–H and O–H groups in total. The Morgan fingerprint density at radius 3 is 2.74 bits per heavy atom. The van der Waals surface area contributed by atoms with Crippen molar-refractivity contribution in [2.24, 2.45) is 0 Å². The van der Waals surface area contributed by atoms with Gasteiger partial charge in [-0.25, -0.2) is 9.18 Å². The molecule has 1 amide bonds. The van der Waals surface area contributed by atoms with Crippen LogP contribution in [0.2, 0.25) is 0 Å². The number of β-amino-alcohol motifs (C(OH)–C–C–N with tert-alkyl or cyclic N) is 1. The van der Waals surface area contributed by atoms with Gasteiger partial charge in [-0.1, -0.05) is 6.07 Å². The number of carbonyl (C=O) groups is 2. The van der Waals surface area contributed by atoms with Crippen LogP contribution < -0.4 is 0 Å². The molecule has 19 heavy (non-hydrogen) atoms. The van der Waals surface area contributed by atoms with E-state index in [2.05, 4.69) is 15.9 Å². The fourth-order valence-electron chi connectivity index (χ4n) is 2.10. The second-order valence-corrected chi connectivity index (χ2v) is 5.10. The highest BCUT2D eigenvalue weighted by Gasteiger charge is 2.39. The van der Waals surface area contributed by atoms with E-state index in [0.717, 1.165) is 4.90 Å². The lowest BCUT2D eigenvalue weighted by Gasteiger charge is -2.21. The van der Waals surface area contributed by atoms with E-state index >= 15 is 0 Å². The second-order valence-electron chi connectivity index (χ2n) is 4.30. The maximum absolute atomic E-state index is 13.4. The lowest BCUT2D eigenvalue weighted by molar-refractivity contribution is -0.141. The molecule has 0 aromatic heterocycles. The molecule has 0 spiro atoms. The molecular weight excluding hydrogens is 321 g/mol. The van der Waals surface area contributed by atoms with E-state index < -0.39 is 29.8 Å². The summed E-state index contributed by atoms with van der Waals surface area (Å²) in [6, 6.07) is 2.88. The summed E-state index contributed by atoms with van der Waals surface area (Å²) in [5, 5.41) is 18.5. The minimum atomic E-state index is -1.18. The van der Waals surface area contributed by atoms with E-state index in [1.807, 2.05) is 0 Å². The smallest absolute Gasteiger partial charge is 0.326 e. The van der Waals surface area contributed by atoms with Gasteiger partial charge in [-0.15, -0.1) is 0 Å². The number of halogens is 2. The molecule has 1 heterocycles. The van der Waals surface area contributed by atoms with E-state index in [-0.39, 0.29) is 23.0 Å². The Kier molecular flexibility index (Phi) is 3.86. The van der Waals surface area contributed by atoms with Crippen LogP contribution in [0.4, 0.5) is 4.39 Å². The molecule has 2 rings (SSSR count). The molecule has 1 aliphatic heterocycles. The molecule has 102 valence electrons. The Labute approximate surface area is 116 Å². The standard InChI is InChI=1S/C12H11BrFNO4/c13-10-7(2-1-3-8(10)14)11(17)15-5-6(16)4-9(15)12(18)19/h1-3,6,9,16H,4-5H2,(H,18,19)/t6-,9-/m0/s1. The number of hydrogen-bond donors (Lipinski definition) is 2. The summed E-state index contributed by atoms with van der Waals surface area (Å²) in [6.45, 7) is -0.0707. The predicted octanol–water partition coefficient (Wildman–Crippen LogP) is 1.25. The average molecular weight is 332 g/mol. The van der Waals surface area contributed by atoms with Gasteiger partial charge in [-0.05, 0) is 28.1 Å². The SMILES string of the molecule is O=C(O)[C@@H]1C[C@H](O)CN1C(=O)c1cccc(F)c1Br. The summed E-state index contributed by atoms with van der Waals surface area (Å²) in [5.74, 6) is -2.40. The lowest BCUT2D eigenvalue weighted by atomic mass is 10.1. The topological polar surface area (TPSA) is 77.8 Å². The first-order valence-electron chi connectivity index (χ1n) is 5.57. The first-order chi connectivity index (χ1) is 8.91. The molecule has 1 saturated heterocycles. The van der Waals surface area contributed by atoms with E-state index in [1.54, 1.807) is 0 Å². The van der Waals surface area contributed by atoms with Crippen LogP contribution in [0, 0.1) is 5.82 Å². The first kappa shape index (κ1) is 14.0. The number of rotatable bonds is 2. The molecule has 1 aromatic rings. The number of amides is 1. The number of nitrogens with zero attached hydrogens (tertiary/aromatic N) is 1. The highest BCUT2D eigenvalue weighted by atomic mass is 79.9. The van der Waals surface area contributed by atoms with E-state index in [9.17, 15) is 19.1 Å². The third-order valence-corrected chi connectivity index (χ3v) is 3.81. The monoisotopic (exact) mass is 331 g/mol. The summed E-state index contributed by atoms with van der Waals surface area (Å²) < 4.78 is 13.4. The van der Waals surface area contributed by atoms with Gasteiger partial charge < -0.3 is 15.1 Å². The van der Waals surface area contributed by atoms with Crippen LogP contribution in [0.1, 0.15) is 16.8 Å². The predicted molar refractivity (Wildman–Crippen MR) is 67.2 cm³/mol. The van der Waals surface area contributed by atoms with Gasteiger partial charge in [-0.3, -0.25) is 4.79 Å². The van der Waals surface area contributed by atoms with Gasteiger partial charge >= 0.3 is 5.97 Å². The lowest BCUT2D eigenvalue weighted by Crippen LogP contribution is -2.40. The van der Waals surface area contributed by atoms with Gasteiger partial charge in [0.15, 0.2) is 0 Å². The molecule has 5 nitrogen and oxygen atoms in total. The number of aliphatic carboxylic acids is 1.